The summed E-state index contributed by atoms with van der Waals surface area (Å²) in [5.74, 6) is 0.165. The number of phenolic OH excluding ortho intramolecular Hbond substituents is 3. The maximum Gasteiger partial charge on any atom is 0.223 e. The van der Waals surface area contributed by atoms with Gasteiger partial charge in [-0.15, -0.1) is 0 Å². The minimum atomic E-state index is -0.252. The van der Waals surface area contributed by atoms with E-state index in [0.717, 1.165) is 57.0 Å². The highest BCUT2D eigenvalue weighted by molar-refractivity contribution is 6.32. The average molecular weight is 669 g/mol. The van der Waals surface area contributed by atoms with E-state index in [0.29, 0.717) is 41.1 Å². The number of Topliss-reactive ketones (excluding diaryl/α,β-unsaturated/α-hetero) is 1. The van der Waals surface area contributed by atoms with Crippen LogP contribution in [0.5, 0.6) is 17.2 Å². The Morgan fingerprint density at radius 2 is 1.68 bits per heavy atom. The van der Waals surface area contributed by atoms with Gasteiger partial charge < -0.3 is 35.8 Å². The zero-order valence-electron chi connectivity index (χ0n) is 28.1. The van der Waals surface area contributed by atoms with Gasteiger partial charge in [-0.05, 0) is 57.0 Å². The fourth-order valence-electron chi connectivity index (χ4n) is 4.88. The van der Waals surface area contributed by atoms with Gasteiger partial charge in [-0.2, -0.15) is 0 Å². The molecule has 0 spiro atoms. The number of hydrogen-bond donors (Lipinski definition) is 5. The second-order valence-electron chi connectivity index (χ2n) is 11.2. The fraction of sp³-hybridized carbons (Fsp3) is 0.417. The molecular formula is C36H49ClN4O6. The van der Waals surface area contributed by atoms with E-state index in [2.05, 4.69) is 22.0 Å². The van der Waals surface area contributed by atoms with Crippen LogP contribution in [-0.4, -0.2) is 57.2 Å². The second kappa shape index (κ2) is 19.4. The maximum atomic E-state index is 11.4. The van der Waals surface area contributed by atoms with Crippen molar-refractivity contribution in [3.8, 4) is 39.7 Å². The van der Waals surface area contributed by atoms with Crippen LogP contribution in [-0.2, 0) is 9.59 Å². The van der Waals surface area contributed by atoms with E-state index in [-0.39, 0.29) is 45.4 Å². The van der Waals surface area contributed by atoms with E-state index in [4.69, 9.17) is 21.9 Å². The molecule has 256 valence electrons. The lowest BCUT2D eigenvalue weighted by Crippen LogP contribution is -2.50. The van der Waals surface area contributed by atoms with Gasteiger partial charge in [0.25, 0.3) is 0 Å². The zero-order valence-corrected chi connectivity index (χ0v) is 28.9. The molecule has 1 fully saturated rings. The number of unbranched alkanes of at least 4 members (excludes halogenated alkanes) is 3. The third-order valence-corrected chi connectivity index (χ3v) is 7.86. The smallest absolute Gasteiger partial charge is 0.223 e. The highest BCUT2D eigenvalue weighted by atomic mass is 35.5. The Morgan fingerprint density at radius 1 is 1.06 bits per heavy atom. The van der Waals surface area contributed by atoms with Crippen molar-refractivity contribution in [2.75, 3.05) is 20.1 Å². The quantitative estimate of drug-likeness (QED) is 0.109. The van der Waals surface area contributed by atoms with Crippen LogP contribution in [0.1, 0.15) is 78.3 Å². The van der Waals surface area contributed by atoms with Crippen molar-refractivity contribution in [1.82, 2.24) is 15.4 Å². The molecule has 6 N–H and O–H groups in total. The summed E-state index contributed by atoms with van der Waals surface area (Å²) in [5, 5.41) is 37.9. The third kappa shape index (κ3) is 11.5. The van der Waals surface area contributed by atoms with Gasteiger partial charge in [-0.25, -0.2) is 0 Å². The lowest BCUT2D eigenvalue weighted by Gasteiger charge is -2.33. The second-order valence-corrected chi connectivity index (χ2v) is 11.6. The number of carbonyl (C=O) groups excluding carboxylic acids is 2. The molecule has 1 aromatic heterocycles. The molecule has 0 radical (unpaired) electrons. The molecule has 11 heteroatoms. The summed E-state index contributed by atoms with van der Waals surface area (Å²) in [6.07, 6.45) is 7.74. The van der Waals surface area contributed by atoms with Crippen LogP contribution in [0.3, 0.4) is 0 Å². The third-order valence-electron chi connectivity index (χ3n) is 7.56. The Labute approximate surface area is 282 Å². The van der Waals surface area contributed by atoms with Gasteiger partial charge in [0.05, 0.1) is 27.8 Å². The van der Waals surface area contributed by atoms with Crippen LogP contribution < -0.4 is 11.1 Å². The summed E-state index contributed by atoms with van der Waals surface area (Å²) in [5.41, 5.74) is 8.50. The number of carbonyl (C=O) groups is 2. The number of aromatic hydroxyl groups is 3. The summed E-state index contributed by atoms with van der Waals surface area (Å²) < 4.78 is 5.71. The average Bonchev–Trinajstić information content (AvgIpc) is 3.47. The highest BCUT2D eigenvalue weighted by Crippen LogP contribution is 2.44. The molecule has 3 aromatic rings. The van der Waals surface area contributed by atoms with Crippen molar-refractivity contribution < 1.29 is 29.4 Å². The van der Waals surface area contributed by atoms with Gasteiger partial charge in [-0.3, -0.25) is 9.59 Å². The summed E-state index contributed by atoms with van der Waals surface area (Å²) in [4.78, 5) is 23.8. The van der Waals surface area contributed by atoms with E-state index in [1.807, 2.05) is 40.8 Å². The predicted molar refractivity (Wildman–Crippen MR) is 188 cm³/mol. The van der Waals surface area contributed by atoms with Crippen LogP contribution in [0.2, 0.25) is 5.02 Å². The number of ketones is 1. The number of rotatable bonds is 14. The molecule has 47 heavy (non-hydrogen) atoms. The molecule has 0 bridgehead atoms. The lowest BCUT2D eigenvalue weighted by molar-refractivity contribution is -0.126. The number of hydrogen-bond acceptors (Lipinski definition) is 9. The van der Waals surface area contributed by atoms with Crippen molar-refractivity contribution in [2.45, 2.75) is 72.6 Å². The van der Waals surface area contributed by atoms with Crippen LogP contribution in [0.25, 0.3) is 28.1 Å². The van der Waals surface area contributed by atoms with E-state index in [1.165, 1.54) is 6.07 Å². The minimum Gasteiger partial charge on any atom is -0.508 e. The molecule has 0 aliphatic carbocycles. The summed E-state index contributed by atoms with van der Waals surface area (Å²) in [6.45, 7) is 13.6. The molecule has 2 aromatic carbocycles. The van der Waals surface area contributed by atoms with Gasteiger partial charge in [0.15, 0.2) is 5.76 Å². The first-order chi connectivity index (χ1) is 22.4. The highest BCUT2D eigenvalue weighted by Gasteiger charge is 2.27. The van der Waals surface area contributed by atoms with Crippen LogP contribution in [0.15, 0.2) is 59.3 Å². The zero-order chi connectivity index (χ0) is 35.1. The number of benzene rings is 2. The standard InChI is InChI=1S/C29H33ClN2O5.C5H10N2O.C2H6/c1-4-20(33)11-9-7-6-8-10-18(3)31-24(5-2)28-27(19-12-14-21(34)15-13-19)29(37-32-28)22-16-23(30)26(36)17-25(22)35;1-7-2-4(3-7)5(6)8;1-2/h5,12-17,31,34-36H,3-4,6-11H2,1-2H3;4H,2-3H2,1H3,(H2,6,8);1-2H3/b24-5-;;. The fourth-order valence-corrected chi connectivity index (χ4v) is 5.04. The number of aromatic nitrogens is 1. The number of amides is 1. The Morgan fingerprint density at radius 3 is 2.21 bits per heavy atom. The van der Waals surface area contributed by atoms with Crippen LogP contribution >= 0.6 is 11.6 Å². The van der Waals surface area contributed by atoms with E-state index in [1.54, 1.807) is 24.3 Å². The SMILES string of the molecule is C=C(CCCCCCC(=O)CC)N/C(=C\C)c1noc(-c2cc(Cl)c(O)cc2O)c1-c1ccc(O)cc1.CC.CN1CC(C(N)=O)C1. The predicted octanol–water partition coefficient (Wildman–Crippen LogP) is 7.62. The van der Waals surface area contributed by atoms with Gasteiger partial charge in [0.2, 0.25) is 5.91 Å². The van der Waals surface area contributed by atoms with E-state index < -0.39 is 0 Å². The molecule has 1 amide bonds. The molecule has 1 saturated heterocycles. The minimum absolute atomic E-state index is 0.0548. The molecule has 10 nitrogen and oxygen atoms in total. The first-order valence-corrected chi connectivity index (χ1v) is 16.4. The summed E-state index contributed by atoms with van der Waals surface area (Å²) in [6, 6.07) is 9.11. The van der Waals surface area contributed by atoms with Gasteiger partial charge >= 0.3 is 0 Å². The lowest BCUT2D eigenvalue weighted by atomic mass is 9.97. The van der Waals surface area contributed by atoms with Crippen molar-refractivity contribution in [3.63, 3.8) is 0 Å². The first kappa shape index (κ1) is 38.9. The molecular weight excluding hydrogens is 620 g/mol. The number of primary amides is 1. The van der Waals surface area contributed by atoms with E-state index >= 15 is 0 Å². The topological polar surface area (TPSA) is 162 Å². The monoisotopic (exact) mass is 668 g/mol. The largest absolute Gasteiger partial charge is 0.508 e. The van der Waals surface area contributed by atoms with Crippen LogP contribution in [0.4, 0.5) is 0 Å². The molecule has 2 heterocycles. The number of halogens is 1. The van der Waals surface area contributed by atoms with Gasteiger partial charge in [0.1, 0.15) is 28.7 Å². The maximum absolute atomic E-state index is 11.4. The summed E-state index contributed by atoms with van der Waals surface area (Å²) >= 11 is 6.12. The Kier molecular flexibility index (Phi) is 16.1. The number of likely N-dealkylation sites (tertiary alicyclic amines) is 1. The van der Waals surface area contributed by atoms with Crippen molar-refractivity contribution >= 4 is 29.0 Å². The van der Waals surface area contributed by atoms with Crippen molar-refractivity contribution in [2.24, 2.45) is 11.7 Å². The molecule has 1 aliphatic heterocycles. The molecule has 0 saturated carbocycles. The molecule has 0 unspecified atom stereocenters. The van der Waals surface area contributed by atoms with Crippen molar-refractivity contribution in [1.29, 1.82) is 0 Å². The Balaban J connectivity index is 0.000000660. The Bertz CT molecular complexity index is 1510. The number of nitrogens with one attached hydrogen (secondary N) is 1. The molecule has 1 aliphatic rings. The summed E-state index contributed by atoms with van der Waals surface area (Å²) in [7, 11) is 1.97. The normalized spacial score (nSPS) is 13.0. The molecule has 0 atom stereocenters. The molecule has 4 rings (SSSR count). The number of allylic oxidation sites excluding steroid dienone is 2. The van der Waals surface area contributed by atoms with Gasteiger partial charge in [0, 0.05) is 37.7 Å². The first-order valence-electron chi connectivity index (χ1n) is 16.1. The Hall–Kier alpha value is -4.28. The van der Waals surface area contributed by atoms with Crippen molar-refractivity contribution in [3.05, 3.63) is 65.5 Å². The number of phenols is 3. The number of nitrogens with two attached hydrogens (primary N) is 1. The van der Waals surface area contributed by atoms with Crippen LogP contribution in [0, 0.1) is 5.92 Å². The number of nitrogens with zero attached hydrogens (tertiary/aromatic N) is 2. The van der Waals surface area contributed by atoms with Gasteiger partial charge in [-0.1, -0.05) is 75.2 Å². The van der Waals surface area contributed by atoms with E-state index in [9.17, 15) is 24.9 Å².